The van der Waals surface area contributed by atoms with Crippen molar-refractivity contribution in [1.82, 2.24) is 24.4 Å². The third kappa shape index (κ3) is 4.58. The predicted molar refractivity (Wildman–Crippen MR) is 150 cm³/mol. The van der Waals surface area contributed by atoms with Crippen molar-refractivity contribution in [2.45, 2.75) is 45.2 Å². The molecule has 0 saturated heterocycles. The van der Waals surface area contributed by atoms with Crippen molar-refractivity contribution in [2.24, 2.45) is 5.92 Å². The number of nitrogens with zero attached hydrogens (tertiary/aromatic N) is 4. The second-order valence-electron chi connectivity index (χ2n) is 10.1. The van der Waals surface area contributed by atoms with Gasteiger partial charge in [-0.25, -0.2) is 4.79 Å². The van der Waals surface area contributed by atoms with E-state index in [-0.39, 0.29) is 17.6 Å². The maximum atomic E-state index is 13.8. The molecule has 38 heavy (non-hydrogen) atoms. The smallest absolute Gasteiger partial charge is 0.333 e. The van der Waals surface area contributed by atoms with E-state index in [1.807, 2.05) is 66.2 Å². The molecule has 0 bridgehead atoms. The van der Waals surface area contributed by atoms with Gasteiger partial charge in [0.25, 0.3) is 5.91 Å². The number of carbonyl (C=O) groups is 1. The molecule has 3 aromatic heterocycles. The zero-order valence-electron chi connectivity index (χ0n) is 21.1. The van der Waals surface area contributed by atoms with Crippen molar-refractivity contribution in [1.29, 1.82) is 0 Å². The summed E-state index contributed by atoms with van der Waals surface area (Å²) in [6.07, 6.45) is 8.76. The van der Waals surface area contributed by atoms with Gasteiger partial charge < -0.3 is 5.32 Å². The Hall–Kier alpha value is -3.97. The first-order valence-electron chi connectivity index (χ1n) is 13.0. The first kappa shape index (κ1) is 24.4. The summed E-state index contributed by atoms with van der Waals surface area (Å²) in [5.74, 6) is 0.223. The van der Waals surface area contributed by atoms with E-state index in [1.54, 1.807) is 23.0 Å². The van der Waals surface area contributed by atoms with Gasteiger partial charge in [0.1, 0.15) is 0 Å². The number of rotatable bonds is 5. The molecule has 0 radical (unpaired) electrons. The number of hydrogen-bond acceptors (Lipinski definition) is 4. The van der Waals surface area contributed by atoms with Gasteiger partial charge in [0.15, 0.2) is 0 Å². The quantitative estimate of drug-likeness (QED) is 0.320. The SMILES string of the molecule is Cc1ncc(Cl)cc1C(=O)NC1CCC(Cn2c(=O)n(-c3ccc4ccncc4c3)c3ccccc32)CC1. The summed E-state index contributed by atoms with van der Waals surface area (Å²) in [5.41, 5.74) is 3.81. The van der Waals surface area contributed by atoms with Gasteiger partial charge in [-0.1, -0.05) is 29.8 Å². The number of aryl methyl sites for hydroxylation is 1. The van der Waals surface area contributed by atoms with E-state index >= 15 is 0 Å². The number of halogens is 1. The molecule has 7 nitrogen and oxygen atoms in total. The zero-order valence-corrected chi connectivity index (χ0v) is 21.9. The molecule has 0 spiro atoms. The van der Waals surface area contributed by atoms with E-state index in [2.05, 4.69) is 15.3 Å². The van der Waals surface area contributed by atoms with Crippen molar-refractivity contribution in [3.63, 3.8) is 0 Å². The number of imidazole rings is 1. The molecule has 1 N–H and O–H groups in total. The first-order valence-corrected chi connectivity index (χ1v) is 13.3. The molecule has 8 heteroatoms. The van der Waals surface area contributed by atoms with Crippen LogP contribution in [0.1, 0.15) is 41.7 Å². The van der Waals surface area contributed by atoms with Crippen molar-refractivity contribution in [2.75, 3.05) is 0 Å². The molecule has 3 heterocycles. The van der Waals surface area contributed by atoms with E-state index in [4.69, 9.17) is 11.6 Å². The molecule has 0 atom stereocenters. The van der Waals surface area contributed by atoms with E-state index in [9.17, 15) is 9.59 Å². The Morgan fingerprint density at radius 3 is 2.61 bits per heavy atom. The van der Waals surface area contributed by atoms with Gasteiger partial charge in [-0.3, -0.25) is 23.9 Å². The van der Waals surface area contributed by atoms with Crippen LogP contribution in [0.15, 0.2) is 78.0 Å². The van der Waals surface area contributed by atoms with Crippen LogP contribution in [-0.4, -0.2) is 31.1 Å². The molecule has 1 saturated carbocycles. The van der Waals surface area contributed by atoms with Gasteiger partial charge in [0, 0.05) is 36.6 Å². The van der Waals surface area contributed by atoms with Crippen LogP contribution in [0.2, 0.25) is 5.02 Å². The number of para-hydroxylation sites is 2. The Bertz CT molecular complexity index is 1720. The maximum absolute atomic E-state index is 13.8. The van der Waals surface area contributed by atoms with Gasteiger partial charge in [-0.15, -0.1) is 0 Å². The average Bonchev–Trinajstić information content (AvgIpc) is 3.21. The van der Waals surface area contributed by atoms with E-state index in [1.165, 1.54) is 0 Å². The van der Waals surface area contributed by atoms with Gasteiger partial charge >= 0.3 is 5.69 Å². The number of nitrogens with one attached hydrogen (secondary N) is 1. The predicted octanol–water partition coefficient (Wildman–Crippen LogP) is 5.69. The van der Waals surface area contributed by atoms with Crippen LogP contribution in [0.3, 0.4) is 0 Å². The van der Waals surface area contributed by atoms with Crippen molar-refractivity contribution < 1.29 is 4.79 Å². The minimum atomic E-state index is -0.133. The third-order valence-corrected chi connectivity index (χ3v) is 7.85. The van der Waals surface area contributed by atoms with Gasteiger partial charge in [0.2, 0.25) is 0 Å². The Labute approximate surface area is 225 Å². The Morgan fingerprint density at radius 1 is 1.00 bits per heavy atom. The number of carbonyl (C=O) groups excluding carboxylic acids is 1. The van der Waals surface area contributed by atoms with Crippen LogP contribution in [-0.2, 0) is 6.54 Å². The van der Waals surface area contributed by atoms with Crippen LogP contribution in [0.4, 0.5) is 0 Å². The Kier molecular flexibility index (Phi) is 6.45. The highest BCUT2D eigenvalue weighted by Gasteiger charge is 2.25. The molecule has 0 aliphatic heterocycles. The summed E-state index contributed by atoms with van der Waals surface area (Å²) in [4.78, 5) is 35.0. The number of pyridine rings is 2. The number of benzene rings is 2. The molecule has 2 aromatic carbocycles. The lowest BCUT2D eigenvalue weighted by Gasteiger charge is -2.29. The fourth-order valence-corrected chi connectivity index (χ4v) is 5.75. The Balaban J connectivity index is 1.21. The summed E-state index contributed by atoms with van der Waals surface area (Å²) in [7, 11) is 0. The van der Waals surface area contributed by atoms with Gasteiger partial charge in [0.05, 0.1) is 33.0 Å². The standard InChI is InChI=1S/C30H28ClN5O2/c1-19-26(15-23(31)17-33-19)29(37)34-24-9-6-20(7-10-24)18-35-27-4-2-3-5-28(27)36(30(35)38)25-11-8-21-12-13-32-16-22(21)14-25/h2-5,8,11-17,20,24H,6-7,9-10,18H2,1H3,(H,34,37). The van der Waals surface area contributed by atoms with E-state index < -0.39 is 0 Å². The van der Waals surface area contributed by atoms with Crippen molar-refractivity contribution in [3.05, 3.63) is 100.0 Å². The third-order valence-electron chi connectivity index (χ3n) is 7.64. The summed E-state index contributed by atoms with van der Waals surface area (Å²) >= 11 is 6.05. The average molecular weight is 526 g/mol. The second-order valence-corrected chi connectivity index (χ2v) is 10.5. The maximum Gasteiger partial charge on any atom is 0.333 e. The summed E-state index contributed by atoms with van der Waals surface area (Å²) in [6.45, 7) is 2.46. The minimum Gasteiger partial charge on any atom is -0.349 e. The largest absolute Gasteiger partial charge is 0.349 e. The van der Waals surface area contributed by atoms with Gasteiger partial charge in [-0.2, -0.15) is 0 Å². The summed E-state index contributed by atoms with van der Waals surface area (Å²) in [6, 6.07) is 17.7. The highest BCUT2D eigenvalue weighted by molar-refractivity contribution is 6.30. The van der Waals surface area contributed by atoms with Crippen LogP contribution in [0, 0.1) is 12.8 Å². The second kappa shape index (κ2) is 10.1. The highest BCUT2D eigenvalue weighted by Crippen LogP contribution is 2.28. The Morgan fingerprint density at radius 2 is 1.79 bits per heavy atom. The molecular formula is C30H28ClN5O2. The van der Waals surface area contributed by atoms with Crippen molar-refractivity contribution in [3.8, 4) is 5.69 Å². The lowest BCUT2D eigenvalue weighted by Crippen LogP contribution is -2.39. The van der Waals surface area contributed by atoms with Crippen LogP contribution < -0.4 is 11.0 Å². The molecule has 1 fully saturated rings. The molecule has 5 aromatic rings. The van der Waals surface area contributed by atoms with Crippen LogP contribution in [0.25, 0.3) is 27.5 Å². The molecular weight excluding hydrogens is 498 g/mol. The zero-order chi connectivity index (χ0) is 26.2. The molecule has 6 rings (SSSR count). The molecule has 1 aliphatic carbocycles. The van der Waals surface area contributed by atoms with Crippen molar-refractivity contribution >= 4 is 39.3 Å². The number of fused-ring (bicyclic) bond motifs is 2. The fraction of sp³-hybridized carbons (Fsp3) is 0.267. The van der Waals surface area contributed by atoms with E-state index in [0.717, 1.165) is 53.2 Å². The first-order chi connectivity index (χ1) is 18.5. The number of hydrogen-bond donors (Lipinski definition) is 1. The molecule has 1 amide bonds. The van der Waals surface area contributed by atoms with Crippen LogP contribution >= 0.6 is 11.6 Å². The molecule has 1 aliphatic rings. The molecule has 0 unspecified atom stereocenters. The van der Waals surface area contributed by atoms with Gasteiger partial charge in [-0.05, 0) is 80.3 Å². The minimum absolute atomic E-state index is 0.0335. The van der Waals surface area contributed by atoms with Crippen LogP contribution in [0.5, 0.6) is 0 Å². The summed E-state index contributed by atoms with van der Waals surface area (Å²) in [5, 5.41) is 5.69. The molecule has 192 valence electrons. The monoisotopic (exact) mass is 525 g/mol. The summed E-state index contributed by atoms with van der Waals surface area (Å²) < 4.78 is 3.71. The lowest BCUT2D eigenvalue weighted by molar-refractivity contribution is 0.0919. The number of amides is 1. The normalized spacial score (nSPS) is 17.6. The van der Waals surface area contributed by atoms with E-state index in [0.29, 0.717) is 28.7 Å². The fourth-order valence-electron chi connectivity index (χ4n) is 5.59. The highest BCUT2D eigenvalue weighted by atomic mass is 35.5. The number of aromatic nitrogens is 4. The lowest BCUT2D eigenvalue weighted by atomic mass is 9.85. The topological polar surface area (TPSA) is 81.8 Å².